The van der Waals surface area contributed by atoms with Crippen molar-refractivity contribution >= 4 is 40.9 Å². The van der Waals surface area contributed by atoms with Crippen molar-refractivity contribution in [3.63, 3.8) is 0 Å². The van der Waals surface area contributed by atoms with E-state index in [1.54, 1.807) is 29.4 Å². The smallest absolute Gasteiger partial charge is 0.416 e. The molecule has 10 nitrogen and oxygen atoms in total. The van der Waals surface area contributed by atoms with E-state index < -0.39 is 23.3 Å². The molecule has 164 valence electrons. The maximum atomic E-state index is 14.9. The van der Waals surface area contributed by atoms with Gasteiger partial charge in [0, 0.05) is 45.6 Å². The van der Waals surface area contributed by atoms with E-state index in [1.165, 1.54) is 33.8 Å². The van der Waals surface area contributed by atoms with E-state index in [9.17, 15) is 19.1 Å². The van der Waals surface area contributed by atoms with Crippen LogP contribution in [0.5, 0.6) is 0 Å². The van der Waals surface area contributed by atoms with Gasteiger partial charge in [0.25, 0.3) is 5.17 Å². The standard InChI is InChI=1S/C19H21FN6O4S/c1-22(19(29)31)16-11-26(18(28)30-16)13-2-3-15(14(20)10-13)23-6-8-24(9-7-23)17(27)25-5-4-21-12-25/h2-5,10,12,16H,6-9,11H2,1H3,(H,29,31). The Morgan fingerprint density at radius 3 is 2.68 bits per heavy atom. The number of hydrogen-bond donors (Lipinski definition) is 1. The Labute approximate surface area is 183 Å². The SMILES string of the molecule is CN(C(O)=S)C1CN(c2ccc(N3CCN(C(=O)n4ccnc4)CC3)c(F)c2)C(=O)O1. The summed E-state index contributed by atoms with van der Waals surface area (Å²) in [7, 11) is 1.50. The number of piperazine rings is 1. The van der Waals surface area contributed by atoms with Gasteiger partial charge in [-0.3, -0.25) is 14.4 Å². The van der Waals surface area contributed by atoms with Crippen molar-refractivity contribution in [2.24, 2.45) is 0 Å². The predicted molar refractivity (Wildman–Crippen MR) is 114 cm³/mol. The highest BCUT2D eigenvalue weighted by Crippen LogP contribution is 2.29. The van der Waals surface area contributed by atoms with Gasteiger partial charge in [-0.2, -0.15) is 0 Å². The molecule has 1 aromatic carbocycles. The number of amides is 2. The third-order valence-electron chi connectivity index (χ3n) is 5.39. The number of rotatable bonds is 3. The first-order valence-electron chi connectivity index (χ1n) is 9.61. The average Bonchev–Trinajstić information content (AvgIpc) is 3.43. The minimum Gasteiger partial charge on any atom is -0.486 e. The molecule has 2 aliphatic rings. The second-order valence-corrected chi connectivity index (χ2v) is 7.57. The van der Waals surface area contributed by atoms with E-state index in [0.29, 0.717) is 37.6 Å². The summed E-state index contributed by atoms with van der Waals surface area (Å²) in [5.41, 5.74) is 0.746. The molecule has 2 amide bonds. The Kier molecular flexibility index (Phi) is 5.63. The highest BCUT2D eigenvalue weighted by Gasteiger charge is 2.36. The first-order valence-corrected chi connectivity index (χ1v) is 10.0. The van der Waals surface area contributed by atoms with E-state index >= 15 is 0 Å². The van der Waals surface area contributed by atoms with Crippen molar-refractivity contribution in [2.45, 2.75) is 6.23 Å². The summed E-state index contributed by atoms with van der Waals surface area (Å²) >= 11 is 4.68. The summed E-state index contributed by atoms with van der Waals surface area (Å²) in [6.45, 7) is 1.95. The minimum absolute atomic E-state index is 0.101. The fourth-order valence-corrected chi connectivity index (χ4v) is 3.70. The lowest BCUT2D eigenvalue weighted by Gasteiger charge is -2.36. The van der Waals surface area contributed by atoms with Gasteiger partial charge in [0.2, 0.25) is 0 Å². The van der Waals surface area contributed by atoms with Crippen molar-refractivity contribution in [1.82, 2.24) is 19.4 Å². The van der Waals surface area contributed by atoms with Gasteiger partial charge >= 0.3 is 12.1 Å². The van der Waals surface area contributed by atoms with Crippen LogP contribution in [-0.4, -0.2) is 87.8 Å². The number of carbonyl (C=O) groups is 2. The Balaban J connectivity index is 1.41. The number of aromatic nitrogens is 2. The zero-order valence-electron chi connectivity index (χ0n) is 16.7. The topological polar surface area (TPSA) is 94.4 Å². The average molecular weight is 448 g/mol. The van der Waals surface area contributed by atoms with Crippen LogP contribution < -0.4 is 9.80 Å². The van der Waals surface area contributed by atoms with Gasteiger partial charge in [-0.15, -0.1) is 0 Å². The first-order chi connectivity index (χ1) is 14.8. The third kappa shape index (κ3) is 4.10. The number of cyclic esters (lactones) is 1. The third-order valence-corrected chi connectivity index (χ3v) is 5.68. The van der Waals surface area contributed by atoms with Crippen molar-refractivity contribution in [1.29, 1.82) is 0 Å². The molecule has 0 aliphatic carbocycles. The number of anilines is 2. The maximum absolute atomic E-state index is 14.9. The van der Waals surface area contributed by atoms with Crippen molar-refractivity contribution in [2.75, 3.05) is 49.6 Å². The van der Waals surface area contributed by atoms with Crippen LogP contribution in [-0.2, 0) is 4.74 Å². The fraction of sp³-hybridized carbons (Fsp3) is 0.368. The van der Waals surface area contributed by atoms with Crippen molar-refractivity contribution in [3.8, 4) is 0 Å². The quantitative estimate of drug-likeness (QED) is 0.712. The summed E-state index contributed by atoms with van der Waals surface area (Å²) in [6, 6.07) is 4.36. The lowest BCUT2D eigenvalue weighted by atomic mass is 10.2. The van der Waals surface area contributed by atoms with Crippen LogP contribution >= 0.6 is 12.2 Å². The zero-order valence-corrected chi connectivity index (χ0v) is 17.5. The minimum atomic E-state index is -0.756. The van der Waals surface area contributed by atoms with Crippen LogP contribution in [0.3, 0.4) is 0 Å². The molecule has 0 spiro atoms. The molecular formula is C19H21FN6O4S. The number of halogens is 1. The molecule has 0 saturated carbocycles. The summed E-state index contributed by atoms with van der Waals surface area (Å²) in [6.07, 6.45) is 3.18. The highest BCUT2D eigenvalue weighted by atomic mass is 32.1. The van der Waals surface area contributed by atoms with E-state index in [1.807, 2.05) is 4.90 Å². The number of hydrogen-bond acceptors (Lipinski definition) is 6. The molecule has 3 heterocycles. The molecule has 2 saturated heterocycles. The van der Waals surface area contributed by atoms with Gasteiger partial charge in [-0.25, -0.2) is 19.0 Å². The first kappa shape index (κ1) is 20.8. The van der Waals surface area contributed by atoms with Crippen molar-refractivity contribution < 1.29 is 23.8 Å². The number of carbonyl (C=O) groups excluding carboxylic acids is 2. The number of imidazole rings is 1. The van der Waals surface area contributed by atoms with Gasteiger partial charge in [0.05, 0.1) is 17.9 Å². The molecule has 1 atom stereocenters. The van der Waals surface area contributed by atoms with E-state index in [2.05, 4.69) is 17.2 Å². The van der Waals surface area contributed by atoms with Crippen LogP contribution in [0, 0.1) is 5.82 Å². The van der Waals surface area contributed by atoms with E-state index in [4.69, 9.17) is 4.74 Å². The monoisotopic (exact) mass is 448 g/mol. The molecule has 31 heavy (non-hydrogen) atoms. The van der Waals surface area contributed by atoms with Gasteiger partial charge < -0.3 is 19.6 Å². The van der Waals surface area contributed by atoms with Crippen LogP contribution in [0.15, 0.2) is 36.9 Å². The Morgan fingerprint density at radius 1 is 1.32 bits per heavy atom. The molecule has 2 fully saturated rings. The number of benzene rings is 1. The number of ether oxygens (including phenoxy) is 1. The maximum Gasteiger partial charge on any atom is 0.416 e. The second-order valence-electron chi connectivity index (χ2n) is 7.20. The molecule has 1 aromatic heterocycles. The summed E-state index contributed by atoms with van der Waals surface area (Å²) in [5.74, 6) is -0.478. The lowest BCUT2D eigenvalue weighted by Crippen LogP contribution is -2.50. The van der Waals surface area contributed by atoms with E-state index in [-0.39, 0.29) is 12.6 Å². The Morgan fingerprint density at radius 2 is 2.06 bits per heavy atom. The number of likely N-dealkylation sites (N-methyl/N-ethyl adjacent to an activating group) is 1. The number of thiocarbonyl (C=S) groups is 1. The largest absolute Gasteiger partial charge is 0.486 e. The number of aliphatic hydroxyl groups excluding tert-OH is 1. The Hall–Kier alpha value is -3.41. The molecule has 0 bridgehead atoms. The van der Waals surface area contributed by atoms with Crippen molar-refractivity contribution in [3.05, 3.63) is 42.7 Å². The van der Waals surface area contributed by atoms with Gasteiger partial charge in [0.15, 0.2) is 6.23 Å². The normalized spacial score (nSPS) is 18.8. The number of aliphatic hydroxyl groups is 1. The predicted octanol–water partition coefficient (Wildman–Crippen LogP) is 1.87. The van der Waals surface area contributed by atoms with Gasteiger partial charge in [-0.1, -0.05) is 0 Å². The molecule has 1 N–H and O–H groups in total. The molecular weight excluding hydrogens is 427 g/mol. The molecule has 4 rings (SSSR count). The molecule has 0 radical (unpaired) electrons. The van der Waals surface area contributed by atoms with Crippen LogP contribution in [0.1, 0.15) is 0 Å². The Bertz CT molecular complexity index is 995. The van der Waals surface area contributed by atoms with Gasteiger partial charge in [0.1, 0.15) is 12.1 Å². The molecule has 1 unspecified atom stereocenters. The molecule has 2 aromatic rings. The summed E-state index contributed by atoms with van der Waals surface area (Å²) in [5, 5.41) is 9.01. The fourth-order valence-electron chi connectivity index (χ4n) is 3.58. The summed E-state index contributed by atoms with van der Waals surface area (Å²) < 4.78 is 21.5. The zero-order chi connectivity index (χ0) is 22.1. The van der Waals surface area contributed by atoms with Crippen LogP contribution in [0.25, 0.3) is 0 Å². The molecule has 2 aliphatic heterocycles. The van der Waals surface area contributed by atoms with E-state index in [0.717, 1.165) is 0 Å². The molecule has 12 heteroatoms. The summed E-state index contributed by atoms with van der Waals surface area (Å²) in [4.78, 5) is 34.5. The van der Waals surface area contributed by atoms with Crippen LogP contribution in [0.4, 0.5) is 25.4 Å². The number of nitrogens with zero attached hydrogens (tertiary/aromatic N) is 6. The van der Waals surface area contributed by atoms with Crippen LogP contribution in [0.2, 0.25) is 0 Å². The second kappa shape index (κ2) is 8.38. The van der Waals surface area contributed by atoms with Gasteiger partial charge in [-0.05, 0) is 30.4 Å². The lowest BCUT2D eigenvalue weighted by molar-refractivity contribution is 0.0709. The highest BCUT2D eigenvalue weighted by molar-refractivity contribution is 7.79.